The van der Waals surface area contributed by atoms with E-state index in [1.165, 1.54) is 0 Å². The van der Waals surface area contributed by atoms with Gasteiger partial charge in [-0.1, -0.05) is 23.2 Å². The second kappa shape index (κ2) is 8.33. The second-order valence-electron chi connectivity index (χ2n) is 4.45. The van der Waals surface area contributed by atoms with Gasteiger partial charge >= 0.3 is 29.6 Å². The molecular formula is C15H10Cl2N3NaOS. The van der Waals surface area contributed by atoms with Gasteiger partial charge < -0.3 is 21.9 Å². The van der Waals surface area contributed by atoms with Crippen LogP contribution in [0.3, 0.4) is 0 Å². The molecule has 3 aromatic rings. The molecule has 0 N–H and O–H groups in total. The number of nitrogens with zero attached hydrogens (tertiary/aromatic N) is 3. The van der Waals surface area contributed by atoms with Gasteiger partial charge in [0.05, 0.1) is 0 Å². The van der Waals surface area contributed by atoms with Crippen molar-refractivity contribution in [1.82, 2.24) is 14.8 Å². The Labute approximate surface area is 171 Å². The standard InChI is InChI=1S/C15H11Cl2N3OS.Na/c16-10-1-5-12(6-2-10)20-14(18-19-15(20)22)9-21-13-7-3-11(17)4-8-13;/h1-8H,9H2,(H,19,22);/q;+1/p-1. The van der Waals surface area contributed by atoms with Crippen LogP contribution < -0.4 is 34.3 Å². The molecule has 4 nitrogen and oxygen atoms in total. The largest absolute Gasteiger partial charge is 1.00 e. The fourth-order valence-electron chi connectivity index (χ4n) is 1.92. The fraction of sp³-hybridized carbons (Fsp3) is 0.0667. The Morgan fingerprint density at radius 1 is 0.913 bits per heavy atom. The van der Waals surface area contributed by atoms with Crippen molar-refractivity contribution in [2.24, 2.45) is 0 Å². The molecule has 0 aliphatic rings. The van der Waals surface area contributed by atoms with Crippen molar-refractivity contribution < 1.29 is 34.3 Å². The molecule has 0 saturated carbocycles. The predicted molar refractivity (Wildman–Crippen MR) is 87.8 cm³/mol. The summed E-state index contributed by atoms with van der Waals surface area (Å²) in [7, 11) is 0. The molecule has 23 heavy (non-hydrogen) atoms. The molecule has 0 unspecified atom stereocenters. The summed E-state index contributed by atoms with van der Waals surface area (Å²) in [5, 5.41) is 9.69. The third-order valence-electron chi connectivity index (χ3n) is 2.97. The first-order valence-electron chi connectivity index (χ1n) is 6.39. The van der Waals surface area contributed by atoms with Gasteiger partial charge in [-0.3, -0.25) is 0 Å². The molecule has 2 aromatic carbocycles. The van der Waals surface area contributed by atoms with Crippen LogP contribution in [0, 0.1) is 0 Å². The number of hydrogen-bond donors (Lipinski definition) is 0. The molecule has 0 bridgehead atoms. The topological polar surface area (TPSA) is 39.9 Å². The van der Waals surface area contributed by atoms with Gasteiger partial charge in [0.15, 0.2) is 5.82 Å². The van der Waals surface area contributed by atoms with Gasteiger partial charge in [0.25, 0.3) is 0 Å². The zero-order valence-electron chi connectivity index (χ0n) is 12.2. The SMILES string of the molecule is [Na+].[S-]c1nnc(COc2ccc(Cl)cc2)n1-c1ccc(Cl)cc1. The normalized spacial score (nSPS) is 10.2. The second-order valence-corrected chi connectivity index (χ2v) is 5.69. The molecule has 0 atom stereocenters. The molecular weight excluding hydrogens is 364 g/mol. The minimum Gasteiger partial charge on any atom is -0.740 e. The van der Waals surface area contributed by atoms with E-state index in [0.717, 1.165) is 5.69 Å². The molecule has 8 heteroatoms. The monoisotopic (exact) mass is 373 g/mol. The Hall–Kier alpha value is -0.820. The Morgan fingerprint density at radius 2 is 1.48 bits per heavy atom. The van der Waals surface area contributed by atoms with Crippen LogP contribution in [0.1, 0.15) is 5.82 Å². The van der Waals surface area contributed by atoms with Gasteiger partial charge in [0.2, 0.25) is 0 Å². The van der Waals surface area contributed by atoms with E-state index in [-0.39, 0.29) is 36.2 Å². The first-order valence-corrected chi connectivity index (χ1v) is 7.55. The summed E-state index contributed by atoms with van der Waals surface area (Å²) < 4.78 is 7.44. The Morgan fingerprint density at radius 3 is 2.09 bits per heavy atom. The third kappa shape index (κ3) is 4.59. The van der Waals surface area contributed by atoms with Crippen LogP contribution in [0.15, 0.2) is 53.7 Å². The van der Waals surface area contributed by atoms with Crippen LogP contribution in [-0.4, -0.2) is 14.8 Å². The number of ether oxygens (including phenoxy) is 1. The molecule has 112 valence electrons. The maximum atomic E-state index is 5.90. The summed E-state index contributed by atoms with van der Waals surface area (Å²) in [4.78, 5) is 0. The van der Waals surface area contributed by atoms with E-state index in [1.807, 2.05) is 12.1 Å². The van der Waals surface area contributed by atoms with E-state index in [1.54, 1.807) is 41.0 Å². The van der Waals surface area contributed by atoms with Gasteiger partial charge in [-0.2, -0.15) is 5.10 Å². The molecule has 0 aliphatic carbocycles. The van der Waals surface area contributed by atoms with Crippen LogP contribution in [0.5, 0.6) is 5.75 Å². The number of hydrogen-bond acceptors (Lipinski definition) is 4. The van der Waals surface area contributed by atoms with Gasteiger partial charge in [-0.15, -0.1) is 5.10 Å². The minimum absolute atomic E-state index is 0. The van der Waals surface area contributed by atoms with Crippen molar-refractivity contribution in [2.45, 2.75) is 11.8 Å². The van der Waals surface area contributed by atoms with E-state index in [0.29, 0.717) is 26.8 Å². The first kappa shape index (κ1) is 18.5. The molecule has 0 saturated heterocycles. The van der Waals surface area contributed by atoms with Crippen LogP contribution in [0.4, 0.5) is 0 Å². The van der Waals surface area contributed by atoms with Crippen molar-refractivity contribution in [3.05, 3.63) is 64.4 Å². The molecule has 0 fully saturated rings. The zero-order chi connectivity index (χ0) is 15.5. The van der Waals surface area contributed by atoms with Crippen LogP contribution in [-0.2, 0) is 19.2 Å². The Bertz CT molecular complexity index is 778. The molecule has 1 aromatic heterocycles. The van der Waals surface area contributed by atoms with Gasteiger partial charge in [0, 0.05) is 20.9 Å². The Balaban J connectivity index is 0.00000192. The van der Waals surface area contributed by atoms with E-state index in [2.05, 4.69) is 10.2 Å². The molecule has 1 heterocycles. The Kier molecular flexibility index (Phi) is 6.71. The van der Waals surface area contributed by atoms with Crippen molar-refractivity contribution in [3.63, 3.8) is 0 Å². The fourth-order valence-corrected chi connectivity index (χ4v) is 2.43. The minimum atomic E-state index is 0. The van der Waals surface area contributed by atoms with E-state index >= 15 is 0 Å². The zero-order valence-corrected chi connectivity index (χ0v) is 16.6. The van der Waals surface area contributed by atoms with Crippen LogP contribution >= 0.6 is 23.2 Å². The number of aromatic nitrogens is 3. The molecule has 0 radical (unpaired) electrons. The summed E-state index contributed by atoms with van der Waals surface area (Å²) in [5.41, 5.74) is 0.842. The summed E-state index contributed by atoms with van der Waals surface area (Å²) >= 11 is 17.0. The summed E-state index contributed by atoms with van der Waals surface area (Å²) in [6.07, 6.45) is 0. The molecule has 0 amide bonds. The van der Waals surface area contributed by atoms with Crippen molar-refractivity contribution in [2.75, 3.05) is 0 Å². The average Bonchev–Trinajstić information content (AvgIpc) is 2.89. The number of rotatable bonds is 4. The molecule has 0 aliphatic heterocycles. The number of halogens is 2. The number of benzene rings is 2. The third-order valence-corrected chi connectivity index (χ3v) is 3.73. The van der Waals surface area contributed by atoms with Gasteiger partial charge in [0.1, 0.15) is 12.4 Å². The molecule has 3 rings (SSSR count). The summed E-state index contributed by atoms with van der Waals surface area (Å²) in [6, 6.07) is 14.4. The van der Waals surface area contributed by atoms with Crippen molar-refractivity contribution >= 4 is 35.8 Å². The van der Waals surface area contributed by atoms with E-state index < -0.39 is 0 Å². The average molecular weight is 374 g/mol. The van der Waals surface area contributed by atoms with E-state index in [4.69, 9.17) is 40.6 Å². The van der Waals surface area contributed by atoms with Gasteiger partial charge in [-0.05, 0) is 48.5 Å². The van der Waals surface area contributed by atoms with Crippen molar-refractivity contribution in [3.8, 4) is 11.4 Å². The first-order chi connectivity index (χ1) is 10.6. The quantitative estimate of drug-likeness (QED) is 0.506. The summed E-state index contributed by atoms with van der Waals surface area (Å²) in [5.74, 6) is 1.31. The van der Waals surface area contributed by atoms with E-state index in [9.17, 15) is 0 Å². The maximum absolute atomic E-state index is 5.90. The van der Waals surface area contributed by atoms with Gasteiger partial charge in [-0.25, -0.2) is 0 Å². The van der Waals surface area contributed by atoms with Crippen LogP contribution in [0.2, 0.25) is 10.0 Å². The molecule has 0 spiro atoms. The van der Waals surface area contributed by atoms with Crippen molar-refractivity contribution in [1.29, 1.82) is 0 Å². The van der Waals surface area contributed by atoms with Crippen LogP contribution in [0.25, 0.3) is 5.69 Å². The maximum Gasteiger partial charge on any atom is 1.00 e. The predicted octanol–water partition coefficient (Wildman–Crippen LogP) is 1.06. The smallest absolute Gasteiger partial charge is 0.740 e. The summed E-state index contributed by atoms with van der Waals surface area (Å²) in [6.45, 7) is 0.244.